The summed E-state index contributed by atoms with van der Waals surface area (Å²) in [5, 5.41) is 1.80. The topological polar surface area (TPSA) is 48.1 Å². The Bertz CT molecular complexity index is 706. The number of hydrogen-bond acceptors (Lipinski definition) is 4. The summed E-state index contributed by atoms with van der Waals surface area (Å²) < 4.78 is 10.2. The predicted octanol–water partition coefficient (Wildman–Crippen LogP) is 3.98. The molecule has 0 aliphatic rings. The van der Waals surface area contributed by atoms with E-state index in [1.54, 1.807) is 0 Å². The van der Waals surface area contributed by atoms with Gasteiger partial charge in [0.15, 0.2) is 5.75 Å². The fourth-order valence-electron chi connectivity index (χ4n) is 1.77. The van der Waals surface area contributed by atoms with Gasteiger partial charge in [-0.3, -0.25) is 0 Å². The summed E-state index contributed by atoms with van der Waals surface area (Å²) in [5.74, 6) is 0.685. The van der Waals surface area contributed by atoms with E-state index >= 15 is 0 Å². The third-order valence-corrected chi connectivity index (χ3v) is 3.48. The molecule has 3 aromatic rings. The molecule has 1 aromatic heterocycles. The van der Waals surface area contributed by atoms with Crippen LogP contribution in [0.3, 0.4) is 0 Å². The van der Waals surface area contributed by atoms with Crippen molar-refractivity contribution in [2.24, 2.45) is 0 Å². The number of fused-ring (bicyclic) bond motifs is 1. The normalized spacial score (nSPS) is 10.7. The Morgan fingerprint density at radius 1 is 1.17 bits per heavy atom. The summed E-state index contributed by atoms with van der Waals surface area (Å²) in [6.07, 6.45) is 0. The van der Waals surface area contributed by atoms with Gasteiger partial charge in [0.05, 0.1) is 16.6 Å². The van der Waals surface area contributed by atoms with E-state index in [-0.39, 0.29) is 0 Å². The third-order valence-electron chi connectivity index (χ3n) is 2.72. The van der Waals surface area contributed by atoms with Crippen molar-refractivity contribution < 1.29 is 4.74 Å². The molecule has 0 spiro atoms. The molecule has 0 radical (unpaired) electrons. The predicted molar refractivity (Wildman–Crippen MR) is 75.3 cm³/mol. The lowest BCUT2D eigenvalue weighted by Gasteiger charge is -2.07. The van der Waals surface area contributed by atoms with Crippen LogP contribution in [0.25, 0.3) is 10.9 Å². The molecule has 0 saturated carbocycles. The quantitative estimate of drug-likeness (QED) is 0.705. The van der Waals surface area contributed by atoms with Crippen molar-refractivity contribution >= 4 is 28.1 Å². The van der Waals surface area contributed by atoms with Crippen molar-refractivity contribution in [2.45, 2.75) is 6.92 Å². The molecule has 18 heavy (non-hydrogen) atoms. The van der Waals surface area contributed by atoms with Crippen LogP contribution in [0.1, 0.15) is 5.56 Å². The molecule has 2 N–H and O–H groups in total. The van der Waals surface area contributed by atoms with Crippen LogP contribution in [0.4, 0.5) is 5.69 Å². The van der Waals surface area contributed by atoms with Crippen LogP contribution in [0.2, 0.25) is 0 Å². The molecule has 90 valence electrons. The average molecular weight is 256 g/mol. The van der Waals surface area contributed by atoms with E-state index in [1.165, 1.54) is 11.5 Å². The zero-order chi connectivity index (χ0) is 12.5. The minimum Gasteiger partial charge on any atom is -0.442 e. The molecule has 3 nitrogen and oxygen atoms in total. The minimum atomic E-state index is 0.637. The van der Waals surface area contributed by atoms with Crippen LogP contribution in [-0.4, -0.2) is 4.37 Å². The summed E-state index contributed by atoms with van der Waals surface area (Å²) in [5.41, 5.74) is 8.61. The van der Waals surface area contributed by atoms with E-state index in [0.717, 1.165) is 21.5 Å². The average Bonchev–Trinajstić information content (AvgIpc) is 2.78. The first-order valence-electron chi connectivity index (χ1n) is 5.62. The first kappa shape index (κ1) is 11.0. The highest BCUT2D eigenvalue weighted by Gasteiger charge is 2.09. The highest BCUT2D eigenvalue weighted by molar-refractivity contribution is 7.09. The Labute approximate surface area is 109 Å². The minimum absolute atomic E-state index is 0.637. The number of nitrogens with zero attached hydrogens (tertiary/aromatic N) is 1. The van der Waals surface area contributed by atoms with Crippen molar-refractivity contribution in [3.8, 4) is 10.8 Å². The molecular formula is C14H12N2OS. The van der Waals surface area contributed by atoms with Gasteiger partial charge in [0.1, 0.15) is 0 Å². The SMILES string of the molecule is Cc1ccc(N)c(Oc2snc3ccccc23)c1. The molecule has 0 saturated heterocycles. The molecule has 0 fully saturated rings. The van der Waals surface area contributed by atoms with Crippen LogP contribution in [0.5, 0.6) is 10.8 Å². The van der Waals surface area contributed by atoms with Crippen LogP contribution in [-0.2, 0) is 0 Å². The fourth-order valence-corrected chi connectivity index (χ4v) is 2.51. The smallest absolute Gasteiger partial charge is 0.208 e. The maximum absolute atomic E-state index is 5.91. The first-order chi connectivity index (χ1) is 8.74. The Morgan fingerprint density at radius 2 is 2.00 bits per heavy atom. The monoisotopic (exact) mass is 256 g/mol. The van der Waals surface area contributed by atoms with Gasteiger partial charge in [0.25, 0.3) is 0 Å². The van der Waals surface area contributed by atoms with Crippen LogP contribution in [0.15, 0.2) is 42.5 Å². The van der Waals surface area contributed by atoms with E-state index in [2.05, 4.69) is 4.37 Å². The molecule has 4 heteroatoms. The Hall–Kier alpha value is -2.07. The second-order valence-electron chi connectivity index (χ2n) is 4.13. The van der Waals surface area contributed by atoms with Crippen molar-refractivity contribution in [1.29, 1.82) is 0 Å². The van der Waals surface area contributed by atoms with Gasteiger partial charge in [-0.1, -0.05) is 18.2 Å². The number of anilines is 1. The van der Waals surface area contributed by atoms with Crippen molar-refractivity contribution in [1.82, 2.24) is 4.37 Å². The standard InChI is InChI=1S/C14H12N2OS/c1-9-6-7-11(15)13(8-9)17-14-10-4-2-3-5-12(10)16-18-14/h2-8H,15H2,1H3. The lowest BCUT2D eigenvalue weighted by Crippen LogP contribution is -1.91. The van der Waals surface area contributed by atoms with Gasteiger partial charge < -0.3 is 10.5 Å². The molecule has 0 aliphatic heterocycles. The molecule has 1 heterocycles. The van der Waals surface area contributed by atoms with E-state index in [0.29, 0.717) is 11.4 Å². The van der Waals surface area contributed by atoms with Crippen molar-refractivity contribution in [2.75, 3.05) is 5.73 Å². The first-order valence-corrected chi connectivity index (χ1v) is 6.40. The number of hydrogen-bond donors (Lipinski definition) is 1. The second kappa shape index (κ2) is 4.31. The summed E-state index contributed by atoms with van der Waals surface area (Å²) in [4.78, 5) is 0. The molecular weight excluding hydrogens is 244 g/mol. The molecule has 0 unspecified atom stereocenters. The molecule has 0 aliphatic carbocycles. The summed E-state index contributed by atoms with van der Waals surface area (Å²) in [6.45, 7) is 2.01. The lowest BCUT2D eigenvalue weighted by atomic mass is 10.2. The maximum atomic E-state index is 5.91. The molecule has 0 amide bonds. The van der Waals surface area contributed by atoms with Gasteiger partial charge in [-0.05, 0) is 36.8 Å². The second-order valence-corrected chi connectivity index (χ2v) is 4.87. The summed E-state index contributed by atoms with van der Waals surface area (Å²) in [6, 6.07) is 13.7. The highest BCUT2D eigenvalue weighted by atomic mass is 32.1. The van der Waals surface area contributed by atoms with Crippen LogP contribution in [0, 0.1) is 6.92 Å². The highest BCUT2D eigenvalue weighted by Crippen LogP contribution is 2.36. The van der Waals surface area contributed by atoms with Gasteiger partial charge in [-0.15, -0.1) is 0 Å². The van der Waals surface area contributed by atoms with Gasteiger partial charge in [-0.25, -0.2) is 0 Å². The van der Waals surface area contributed by atoms with Gasteiger partial charge in [-0.2, -0.15) is 4.37 Å². The zero-order valence-corrected chi connectivity index (χ0v) is 10.7. The van der Waals surface area contributed by atoms with Crippen molar-refractivity contribution in [3.63, 3.8) is 0 Å². The van der Waals surface area contributed by atoms with Crippen LogP contribution < -0.4 is 10.5 Å². The number of nitrogens with two attached hydrogens (primary N) is 1. The molecule has 0 bridgehead atoms. The maximum Gasteiger partial charge on any atom is 0.208 e. The lowest BCUT2D eigenvalue weighted by molar-refractivity contribution is 0.503. The molecule has 0 atom stereocenters. The fraction of sp³-hybridized carbons (Fsp3) is 0.0714. The number of rotatable bonds is 2. The summed E-state index contributed by atoms with van der Waals surface area (Å²) >= 11 is 1.34. The Kier molecular flexibility index (Phi) is 2.64. The molecule has 3 rings (SSSR count). The number of benzene rings is 2. The summed E-state index contributed by atoms with van der Waals surface area (Å²) in [7, 11) is 0. The number of aryl methyl sites for hydroxylation is 1. The number of aromatic nitrogens is 1. The van der Waals surface area contributed by atoms with Gasteiger partial charge >= 0.3 is 0 Å². The van der Waals surface area contributed by atoms with E-state index in [9.17, 15) is 0 Å². The number of ether oxygens (including phenoxy) is 1. The zero-order valence-electron chi connectivity index (χ0n) is 9.88. The Balaban J connectivity index is 2.04. The van der Waals surface area contributed by atoms with E-state index in [4.69, 9.17) is 10.5 Å². The third kappa shape index (κ3) is 1.91. The van der Waals surface area contributed by atoms with E-state index in [1.807, 2.05) is 49.4 Å². The van der Waals surface area contributed by atoms with Gasteiger partial charge in [0, 0.05) is 11.5 Å². The molecule has 2 aromatic carbocycles. The number of nitrogen functional groups attached to an aromatic ring is 1. The van der Waals surface area contributed by atoms with E-state index < -0.39 is 0 Å². The largest absolute Gasteiger partial charge is 0.442 e. The van der Waals surface area contributed by atoms with Crippen molar-refractivity contribution in [3.05, 3.63) is 48.0 Å². The van der Waals surface area contributed by atoms with Gasteiger partial charge in [0.2, 0.25) is 5.06 Å². The Morgan fingerprint density at radius 3 is 2.89 bits per heavy atom. The van der Waals surface area contributed by atoms with Crippen LogP contribution >= 0.6 is 11.5 Å².